The minimum atomic E-state index is -0.715. The van der Waals surface area contributed by atoms with Crippen molar-refractivity contribution >= 4 is 53.1 Å². The second kappa shape index (κ2) is 28.9. The monoisotopic (exact) mass is 1170 g/mol. The molecule has 450 valence electrons. The number of hydrogen-bond donors (Lipinski definition) is 11. The number of alkyl carbamates (subject to hydrolysis) is 1. The Labute approximate surface area is 497 Å². The van der Waals surface area contributed by atoms with Gasteiger partial charge in [0.05, 0.1) is 0 Å². The van der Waals surface area contributed by atoms with Crippen molar-refractivity contribution in [1.82, 2.24) is 26.1 Å². The Bertz CT molecular complexity index is 3270. The summed E-state index contributed by atoms with van der Waals surface area (Å²) in [6, 6.07) is 35.4. The molecule has 8 rings (SSSR count). The van der Waals surface area contributed by atoms with Gasteiger partial charge in [-0.3, -0.25) is 51.2 Å². The minimum Gasteiger partial charge on any atom is -0.457 e. The summed E-state index contributed by atoms with van der Waals surface area (Å²) in [5.74, 6) is 0.261. The summed E-state index contributed by atoms with van der Waals surface area (Å²) in [4.78, 5) is 61.7. The summed E-state index contributed by atoms with van der Waals surface area (Å²) in [6.45, 7) is 7.65. The first-order valence-corrected chi connectivity index (χ1v) is 27.7. The second-order valence-electron chi connectivity index (χ2n) is 21.6. The number of hydrogen-bond acceptors (Lipinski definition) is 16. The lowest BCUT2D eigenvalue weighted by atomic mass is 9.91. The molecule has 6 aromatic rings. The Morgan fingerprint density at radius 3 is 1.01 bits per heavy atom. The van der Waals surface area contributed by atoms with Crippen LogP contribution >= 0.6 is 0 Å². The van der Waals surface area contributed by atoms with Gasteiger partial charge in [-0.1, -0.05) is 19.3 Å². The highest BCUT2D eigenvalue weighted by Crippen LogP contribution is 2.34. The molecule has 6 aromatic carbocycles. The van der Waals surface area contributed by atoms with E-state index in [0.717, 1.165) is 39.5 Å². The van der Waals surface area contributed by atoms with Crippen molar-refractivity contribution in [1.29, 1.82) is 21.6 Å². The molecule has 0 heterocycles. The van der Waals surface area contributed by atoms with E-state index in [4.69, 9.17) is 56.8 Å². The van der Waals surface area contributed by atoms with Crippen LogP contribution in [0.25, 0.3) is 0 Å². The average Bonchev–Trinajstić information content (AvgIpc) is 2.67. The molecular formula is C63H71N11O12. The Hall–Kier alpha value is -10.1. The van der Waals surface area contributed by atoms with E-state index in [-0.39, 0.29) is 79.9 Å². The Morgan fingerprint density at radius 2 is 0.721 bits per heavy atom. The highest BCUT2D eigenvalue weighted by molar-refractivity contribution is 6.05. The van der Waals surface area contributed by atoms with Gasteiger partial charge < -0.3 is 51.1 Å². The van der Waals surface area contributed by atoms with Gasteiger partial charge in [0.1, 0.15) is 63.3 Å². The number of nitrogens with two attached hydrogens (primary N) is 2. The predicted octanol–water partition coefficient (Wildman–Crippen LogP) is 10.9. The van der Waals surface area contributed by atoms with E-state index in [1.807, 2.05) is 0 Å². The maximum Gasteiger partial charge on any atom is 0.407 e. The molecule has 0 bridgehead atoms. The van der Waals surface area contributed by atoms with E-state index in [9.17, 15) is 34.4 Å². The molecule has 23 nitrogen and oxygen atoms in total. The molecule has 86 heavy (non-hydrogen) atoms. The lowest BCUT2D eigenvalue weighted by molar-refractivity contribution is -0.147. The predicted molar refractivity (Wildman–Crippen MR) is 320 cm³/mol. The van der Waals surface area contributed by atoms with Gasteiger partial charge in [0.15, 0.2) is 11.7 Å². The van der Waals surface area contributed by atoms with Gasteiger partial charge in [0, 0.05) is 77.5 Å². The summed E-state index contributed by atoms with van der Waals surface area (Å²) >= 11 is 0. The fourth-order valence-corrected chi connectivity index (χ4v) is 9.15. The number of nitrogens with one attached hydrogen (secondary N) is 7. The molecule has 0 aromatic heterocycles. The highest BCUT2D eigenvalue weighted by Gasteiger charge is 2.27. The van der Waals surface area contributed by atoms with Crippen LogP contribution in [-0.4, -0.2) is 97.3 Å². The topological polar surface area (TPSA) is 362 Å². The summed E-state index contributed by atoms with van der Waals surface area (Å²) in [5.41, 5.74) is 12.8. The van der Waals surface area contributed by atoms with E-state index in [1.54, 1.807) is 106 Å². The van der Waals surface area contributed by atoms with E-state index >= 15 is 0 Å². The lowest BCUT2D eigenvalue weighted by Crippen LogP contribution is -2.45. The lowest BCUT2D eigenvalue weighted by Gasteiger charge is -2.30. The van der Waals surface area contributed by atoms with Gasteiger partial charge in [0.25, 0.3) is 11.8 Å². The second-order valence-corrected chi connectivity index (χ2v) is 21.6. The maximum absolute atomic E-state index is 13.5. The number of carbonyl (C=O) groups is 5. The quantitative estimate of drug-likeness (QED) is 0.0175. The number of hydroxylamine groups is 4. The number of nitrogens with zero attached hydrogens (tertiary/aromatic N) is 2. The number of nitrogen functional groups attached to an aromatic ring is 2. The van der Waals surface area contributed by atoms with E-state index in [2.05, 4.69) is 16.0 Å². The molecule has 2 fully saturated rings. The molecule has 2 aliphatic rings. The molecular weight excluding hydrogens is 1100 g/mol. The zero-order valence-electron chi connectivity index (χ0n) is 48.3. The molecule has 5 amide bonds. The van der Waals surface area contributed by atoms with Crippen molar-refractivity contribution in [2.75, 3.05) is 0 Å². The number of ether oxygens (including phenoxy) is 5. The van der Waals surface area contributed by atoms with Crippen LogP contribution in [0.15, 0.2) is 133 Å². The molecule has 2 saturated carbocycles. The molecule has 0 unspecified atom stereocenters. The van der Waals surface area contributed by atoms with Crippen molar-refractivity contribution in [3.63, 3.8) is 0 Å². The third-order valence-electron chi connectivity index (χ3n) is 13.6. The number of amides is 5. The Balaban J connectivity index is 0.000000263. The maximum atomic E-state index is 13.5. The number of carbonyl (C=O) groups excluding carboxylic acids is 5. The summed E-state index contributed by atoms with van der Waals surface area (Å²) < 4.78 is 29.5. The minimum absolute atomic E-state index is 0.0237. The molecule has 0 radical (unpaired) electrons. The van der Waals surface area contributed by atoms with Crippen LogP contribution < -0.4 is 46.4 Å². The summed E-state index contributed by atoms with van der Waals surface area (Å²) in [5, 5.41) is 60.2. The zero-order chi connectivity index (χ0) is 62.2. The van der Waals surface area contributed by atoms with Crippen molar-refractivity contribution in [3.05, 3.63) is 167 Å². The van der Waals surface area contributed by atoms with E-state index in [0.29, 0.717) is 76.9 Å². The SMILES string of the molecule is CC(=O)N(O)C(=N)c1ccc(Oc2cc(Oc3ccc(C(=N)N(O)C(C)=O)cc3)cc(C(=O)NC3CCC(NC(=O)OC(C)(C)C)CC3)c2)cc1.N=C(N)c1ccc(Oc2cc(Oc3ccc(C(=N)N)cc3)cc(C(=O)NC3CCCCC3)c2)cc1. The van der Waals surface area contributed by atoms with E-state index < -0.39 is 35.2 Å². The van der Waals surface area contributed by atoms with E-state index in [1.165, 1.54) is 55.0 Å². The van der Waals surface area contributed by atoms with Gasteiger partial charge in [-0.2, -0.15) is 10.1 Å². The first kappa shape index (κ1) is 63.5. The van der Waals surface area contributed by atoms with Crippen LogP contribution in [0, 0.1) is 21.6 Å². The van der Waals surface area contributed by atoms with Crippen LogP contribution in [0.3, 0.4) is 0 Å². The Morgan fingerprint density at radius 1 is 0.430 bits per heavy atom. The van der Waals surface area contributed by atoms with Gasteiger partial charge in [-0.25, -0.2) is 4.79 Å². The van der Waals surface area contributed by atoms with Gasteiger partial charge in [0.2, 0.25) is 11.8 Å². The third kappa shape index (κ3) is 18.7. The van der Waals surface area contributed by atoms with Crippen molar-refractivity contribution in [3.8, 4) is 46.0 Å². The molecule has 0 spiro atoms. The first-order chi connectivity index (χ1) is 40.9. The van der Waals surface area contributed by atoms with Gasteiger partial charge in [-0.05, 0) is 181 Å². The molecule has 23 heteroatoms. The fourth-order valence-electron chi connectivity index (χ4n) is 9.15. The smallest absolute Gasteiger partial charge is 0.407 e. The first-order valence-electron chi connectivity index (χ1n) is 27.7. The Kier molecular flexibility index (Phi) is 21.3. The summed E-state index contributed by atoms with van der Waals surface area (Å²) in [7, 11) is 0. The van der Waals surface area contributed by atoms with Crippen LogP contribution in [0.2, 0.25) is 0 Å². The van der Waals surface area contributed by atoms with Crippen LogP contribution in [-0.2, 0) is 14.3 Å². The molecule has 2 aliphatic carbocycles. The molecule has 0 aliphatic heterocycles. The van der Waals surface area contributed by atoms with Crippen LogP contribution in [0.4, 0.5) is 4.79 Å². The van der Waals surface area contributed by atoms with Crippen molar-refractivity contribution in [2.45, 2.75) is 116 Å². The van der Waals surface area contributed by atoms with Crippen molar-refractivity contribution in [2.24, 2.45) is 11.5 Å². The average molecular weight is 1170 g/mol. The largest absolute Gasteiger partial charge is 0.457 e. The molecule has 0 saturated heterocycles. The van der Waals surface area contributed by atoms with Crippen molar-refractivity contribution < 1.29 is 58.1 Å². The fraction of sp³-hybridized carbons (Fsp3) is 0.286. The molecule has 0 atom stereocenters. The third-order valence-corrected chi connectivity index (χ3v) is 13.6. The van der Waals surface area contributed by atoms with Gasteiger partial charge >= 0.3 is 6.09 Å². The number of amidine groups is 4. The number of rotatable bonds is 17. The highest BCUT2D eigenvalue weighted by atomic mass is 16.6. The number of benzene rings is 6. The summed E-state index contributed by atoms with van der Waals surface area (Å²) in [6.07, 6.45) is 7.52. The standard InChI is InChI=1S/C36H42N6O9.C27H29N5O3/c1-21(43)41(47)32(37)23-6-14-28(15-7-23)49-30-18-25(34(45)39-26-10-12-27(13-11-26)40-35(46)51-36(3,4)5)19-31(20-30)50-29-16-8-24(9-17-29)33(38)42(48)22(2)44;28-25(29)17-6-10-21(11-7-17)34-23-14-19(27(33)32-20-4-2-1-3-5-20)15-24(16-23)35-22-12-8-18(9-13-22)26(30)31/h6-9,14-20,26-27,37-38,47-48H,10-13H2,1-5H3,(H,39,45)(H,40,46);6-16,20H,1-5H2,(H3,28,29)(H3,30,31)(H,32,33). The zero-order valence-corrected chi connectivity index (χ0v) is 48.3. The van der Waals surface area contributed by atoms with Crippen LogP contribution in [0.5, 0.6) is 46.0 Å². The van der Waals surface area contributed by atoms with Gasteiger partial charge in [-0.15, -0.1) is 0 Å². The molecule has 13 N–H and O–H groups in total. The normalized spacial score (nSPS) is 14.7. The van der Waals surface area contributed by atoms with Crippen LogP contribution in [0.1, 0.15) is 135 Å².